The second-order valence-electron chi connectivity index (χ2n) is 4.15. The fourth-order valence-corrected chi connectivity index (χ4v) is 2.07. The number of hydrogen-bond acceptors (Lipinski definition) is 2. The first-order valence-corrected chi connectivity index (χ1v) is 5.94. The zero-order chi connectivity index (χ0) is 12.3. The molecule has 1 heterocycles. The first kappa shape index (κ1) is 12.3. The lowest BCUT2D eigenvalue weighted by molar-refractivity contribution is -0.117. The van der Waals surface area contributed by atoms with Crippen LogP contribution in [0.25, 0.3) is 0 Å². The van der Waals surface area contributed by atoms with E-state index in [0.717, 1.165) is 0 Å². The molecule has 1 aromatic carbocycles. The topological polar surface area (TPSA) is 32.3 Å². The van der Waals surface area contributed by atoms with Crippen molar-refractivity contribution in [1.29, 1.82) is 0 Å². The Morgan fingerprint density at radius 3 is 2.94 bits per heavy atom. The molecule has 17 heavy (non-hydrogen) atoms. The third-order valence-corrected chi connectivity index (χ3v) is 3.06. The molecule has 1 amide bonds. The Bertz CT molecular complexity index is 413. The third-order valence-electron chi connectivity index (χ3n) is 2.73. The van der Waals surface area contributed by atoms with Crippen molar-refractivity contribution in [3.8, 4) is 0 Å². The highest BCUT2D eigenvalue weighted by Gasteiger charge is 2.23. The van der Waals surface area contributed by atoms with Crippen molar-refractivity contribution in [3.63, 3.8) is 0 Å². The van der Waals surface area contributed by atoms with E-state index in [0.29, 0.717) is 30.2 Å². The Balaban J connectivity index is 1.87. The normalized spacial score (nSPS) is 20.5. The number of nitrogens with one attached hydrogen (secondary N) is 1. The molecule has 5 heteroatoms. The average molecular weight is 257 g/mol. The van der Waals surface area contributed by atoms with Gasteiger partial charge in [-0.15, -0.1) is 0 Å². The van der Waals surface area contributed by atoms with Crippen LogP contribution in [0.3, 0.4) is 0 Å². The van der Waals surface area contributed by atoms with E-state index < -0.39 is 6.17 Å². The highest BCUT2D eigenvalue weighted by atomic mass is 35.5. The molecule has 1 fully saturated rings. The van der Waals surface area contributed by atoms with Crippen LogP contribution in [0.4, 0.5) is 10.1 Å². The number of carbonyl (C=O) groups excluding carboxylic acids is 1. The number of hydrogen-bond donors (Lipinski definition) is 1. The van der Waals surface area contributed by atoms with Gasteiger partial charge in [0.2, 0.25) is 5.91 Å². The smallest absolute Gasteiger partial charge is 0.238 e. The summed E-state index contributed by atoms with van der Waals surface area (Å²) in [7, 11) is 0. The Kier molecular flexibility index (Phi) is 3.97. The highest BCUT2D eigenvalue weighted by Crippen LogP contribution is 2.20. The number of alkyl halides is 1. The van der Waals surface area contributed by atoms with Gasteiger partial charge < -0.3 is 5.32 Å². The first-order valence-electron chi connectivity index (χ1n) is 5.56. The van der Waals surface area contributed by atoms with E-state index >= 15 is 0 Å². The number of carbonyl (C=O) groups is 1. The molecule has 0 aliphatic carbocycles. The van der Waals surface area contributed by atoms with Crippen molar-refractivity contribution >= 4 is 23.2 Å². The number of benzene rings is 1. The number of nitrogens with zero attached hydrogens (tertiary/aromatic N) is 1. The van der Waals surface area contributed by atoms with Gasteiger partial charge in [-0.25, -0.2) is 4.39 Å². The molecule has 0 bridgehead atoms. The number of rotatable bonds is 3. The molecule has 2 rings (SSSR count). The van der Waals surface area contributed by atoms with Crippen LogP contribution in [0.1, 0.15) is 6.42 Å². The Hall–Kier alpha value is -1.13. The number of likely N-dealkylation sites (tertiary alicyclic amines) is 1. The maximum Gasteiger partial charge on any atom is 0.238 e. The van der Waals surface area contributed by atoms with Gasteiger partial charge in [-0.05, 0) is 18.6 Å². The second-order valence-corrected chi connectivity index (χ2v) is 4.56. The number of para-hydroxylation sites is 1. The van der Waals surface area contributed by atoms with E-state index in [1.165, 1.54) is 0 Å². The summed E-state index contributed by atoms with van der Waals surface area (Å²) in [6.45, 7) is 1.19. The van der Waals surface area contributed by atoms with Crippen molar-refractivity contribution in [1.82, 2.24) is 4.90 Å². The van der Waals surface area contributed by atoms with Gasteiger partial charge in [-0.3, -0.25) is 9.69 Å². The van der Waals surface area contributed by atoms with Crippen LogP contribution in [-0.4, -0.2) is 36.6 Å². The first-order chi connectivity index (χ1) is 8.15. The van der Waals surface area contributed by atoms with Gasteiger partial charge in [-0.1, -0.05) is 23.7 Å². The van der Waals surface area contributed by atoms with Gasteiger partial charge in [0.05, 0.1) is 17.3 Å². The molecule has 1 atom stereocenters. The maximum absolute atomic E-state index is 12.9. The highest BCUT2D eigenvalue weighted by molar-refractivity contribution is 6.33. The van der Waals surface area contributed by atoms with Crippen molar-refractivity contribution in [2.75, 3.05) is 25.0 Å². The summed E-state index contributed by atoms with van der Waals surface area (Å²) in [6.07, 6.45) is -0.289. The van der Waals surface area contributed by atoms with Crippen molar-refractivity contribution in [3.05, 3.63) is 29.3 Å². The maximum atomic E-state index is 12.9. The average Bonchev–Trinajstić information content (AvgIpc) is 2.67. The Morgan fingerprint density at radius 2 is 2.29 bits per heavy atom. The van der Waals surface area contributed by atoms with E-state index in [2.05, 4.69) is 5.32 Å². The summed E-state index contributed by atoms with van der Waals surface area (Å²) in [4.78, 5) is 13.5. The predicted molar refractivity (Wildman–Crippen MR) is 66.0 cm³/mol. The minimum atomic E-state index is -0.803. The summed E-state index contributed by atoms with van der Waals surface area (Å²) in [6, 6.07) is 7.05. The van der Waals surface area contributed by atoms with E-state index in [4.69, 9.17) is 11.6 Å². The molecule has 1 aliphatic heterocycles. The Morgan fingerprint density at radius 1 is 1.53 bits per heavy atom. The van der Waals surface area contributed by atoms with Gasteiger partial charge >= 0.3 is 0 Å². The molecule has 0 spiro atoms. The molecule has 1 unspecified atom stereocenters. The summed E-state index contributed by atoms with van der Waals surface area (Å²) in [5.74, 6) is -0.160. The summed E-state index contributed by atoms with van der Waals surface area (Å²) < 4.78 is 12.9. The largest absolute Gasteiger partial charge is 0.324 e. The standard InChI is InChI=1S/C12H14ClFN2O/c13-10-3-1-2-4-11(10)15-12(17)8-16-6-5-9(14)7-16/h1-4,9H,5-8H2,(H,15,17). The molecule has 3 nitrogen and oxygen atoms in total. The monoisotopic (exact) mass is 256 g/mol. The minimum absolute atomic E-state index is 0.160. The molecule has 1 N–H and O–H groups in total. The molecule has 92 valence electrons. The number of anilines is 1. The lowest BCUT2D eigenvalue weighted by Gasteiger charge is -2.14. The van der Waals surface area contributed by atoms with Crippen LogP contribution in [0.5, 0.6) is 0 Å². The van der Waals surface area contributed by atoms with E-state index in [1.54, 1.807) is 29.2 Å². The molecule has 1 aromatic rings. The van der Waals surface area contributed by atoms with Gasteiger partial charge in [-0.2, -0.15) is 0 Å². The van der Waals surface area contributed by atoms with E-state index in [1.807, 2.05) is 0 Å². The lowest BCUT2D eigenvalue weighted by Crippen LogP contribution is -2.31. The molecular weight excluding hydrogens is 243 g/mol. The SMILES string of the molecule is O=C(CN1CCC(F)C1)Nc1ccccc1Cl. The fraction of sp³-hybridized carbons (Fsp3) is 0.417. The number of halogens is 2. The Labute approximate surface area is 105 Å². The summed E-state index contributed by atoms with van der Waals surface area (Å²) in [5.41, 5.74) is 0.593. The van der Waals surface area contributed by atoms with Crippen LogP contribution in [0.15, 0.2) is 24.3 Å². The summed E-state index contributed by atoms with van der Waals surface area (Å²) in [5, 5.41) is 3.22. The minimum Gasteiger partial charge on any atom is -0.324 e. The van der Waals surface area contributed by atoms with Gasteiger partial charge in [0.15, 0.2) is 0 Å². The van der Waals surface area contributed by atoms with E-state index in [9.17, 15) is 9.18 Å². The van der Waals surface area contributed by atoms with E-state index in [-0.39, 0.29) is 12.5 Å². The van der Waals surface area contributed by atoms with Crippen molar-refractivity contribution in [2.45, 2.75) is 12.6 Å². The second kappa shape index (κ2) is 5.47. The van der Waals surface area contributed by atoms with Gasteiger partial charge in [0.1, 0.15) is 6.17 Å². The summed E-state index contributed by atoms with van der Waals surface area (Å²) >= 11 is 5.92. The van der Waals surface area contributed by atoms with Crippen LogP contribution in [0.2, 0.25) is 5.02 Å². The van der Waals surface area contributed by atoms with Crippen molar-refractivity contribution < 1.29 is 9.18 Å². The molecule has 0 radical (unpaired) electrons. The quantitative estimate of drug-likeness (QED) is 0.900. The predicted octanol–water partition coefficient (Wildman–Crippen LogP) is 2.32. The zero-order valence-electron chi connectivity index (χ0n) is 9.33. The lowest BCUT2D eigenvalue weighted by atomic mass is 10.3. The van der Waals surface area contributed by atoms with Gasteiger partial charge in [0.25, 0.3) is 0 Å². The van der Waals surface area contributed by atoms with Crippen LogP contribution in [-0.2, 0) is 4.79 Å². The third kappa shape index (κ3) is 3.41. The molecular formula is C12H14ClFN2O. The van der Waals surface area contributed by atoms with Crippen LogP contribution in [0, 0.1) is 0 Å². The van der Waals surface area contributed by atoms with Crippen molar-refractivity contribution in [2.24, 2.45) is 0 Å². The van der Waals surface area contributed by atoms with Gasteiger partial charge in [0, 0.05) is 13.1 Å². The molecule has 1 aliphatic rings. The molecule has 0 saturated carbocycles. The molecule has 1 saturated heterocycles. The van der Waals surface area contributed by atoms with Crippen LogP contribution < -0.4 is 5.32 Å². The van der Waals surface area contributed by atoms with Crippen LogP contribution >= 0.6 is 11.6 Å². The fourth-order valence-electron chi connectivity index (χ4n) is 1.88. The zero-order valence-corrected chi connectivity index (χ0v) is 10.1. The molecule has 0 aromatic heterocycles. The number of amides is 1.